The number of carbonyl (C=O) groups excluding carboxylic acids is 1. The first-order valence-electron chi connectivity index (χ1n) is 8.39. The van der Waals surface area contributed by atoms with Gasteiger partial charge in [0.25, 0.3) is 5.91 Å². The van der Waals surface area contributed by atoms with Crippen molar-refractivity contribution in [2.75, 3.05) is 5.32 Å². The van der Waals surface area contributed by atoms with Crippen LogP contribution in [0.5, 0.6) is 0 Å². The van der Waals surface area contributed by atoms with Gasteiger partial charge in [-0.15, -0.1) is 5.10 Å². The lowest BCUT2D eigenvalue weighted by atomic mass is 10.2. The summed E-state index contributed by atoms with van der Waals surface area (Å²) in [6.07, 6.45) is 3.06. The lowest BCUT2D eigenvalue weighted by molar-refractivity contribution is 0.102. The zero-order chi connectivity index (χ0) is 19.7. The highest BCUT2D eigenvalue weighted by atomic mass is 35.5. The topological polar surface area (TPSA) is 119 Å². The summed E-state index contributed by atoms with van der Waals surface area (Å²) >= 11 is 6.05. The molecule has 3 aromatic rings. The maximum atomic E-state index is 12.5. The summed E-state index contributed by atoms with van der Waals surface area (Å²) in [5, 5.41) is 13.7. The summed E-state index contributed by atoms with van der Waals surface area (Å²) in [5.74, 6) is -0.449. The van der Waals surface area contributed by atoms with E-state index in [9.17, 15) is 13.2 Å². The van der Waals surface area contributed by atoms with Gasteiger partial charge in [0.05, 0.1) is 10.7 Å². The van der Waals surface area contributed by atoms with Gasteiger partial charge in [-0.3, -0.25) is 4.79 Å². The Hall–Kier alpha value is -2.82. The highest BCUT2D eigenvalue weighted by Crippen LogP contribution is 2.27. The number of rotatable bonds is 6. The quantitative estimate of drug-likeness (QED) is 0.632. The minimum absolute atomic E-state index is 0.0581. The van der Waals surface area contributed by atoms with Crippen molar-refractivity contribution >= 4 is 33.2 Å². The van der Waals surface area contributed by atoms with Crippen molar-refractivity contribution in [2.24, 2.45) is 0 Å². The van der Waals surface area contributed by atoms with Crippen LogP contribution in [0.15, 0.2) is 53.7 Å². The third kappa shape index (κ3) is 4.03. The summed E-state index contributed by atoms with van der Waals surface area (Å²) in [7, 11) is -3.77. The molecule has 9 nitrogen and oxygen atoms in total. The molecule has 0 radical (unpaired) electrons. The maximum Gasteiger partial charge on any atom is 0.255 e. The van der Waals surface area contributed by atoms with Crippen LogP contribution in [0.4, 0.5) is 5.69 Å². The van der Waals surface area contributed by atoms with Crippen LogP contribution in [0.3, 0.4) is 0 Å². The zero-order valence-electron chi connectivity index (χ0n) is 14.4. The summed E-state index contributed by atoms with van der Waals surface area (Å²) in [5.41, 5.74) is 1.46. The van der Waals surface area contributed by atoms with Crippen LogP contribution >= 0.6 is 11.6 Å². The lowest BCUT2D eigenvalue weighted by Gasteiger charge is -2.10. The molecule has 1 heterocycles. The standard InChI is InChI=1S/C17H15ClN6O3S/c18-15-8-1-11(9-16(15)28(26,27)21-13-2-3-13)17(25)20-12-4-6-14(7-5-12)24-10-19-22-23-24/h1,4-10,13,21H,2-3H2,(H,20,25). The van der Waals surface area contributed by atoms with Gasteiger partial charge in [0.15, 0.2) is 0 Å². The maximum absolute atomic E-state index is 12.5. The van der Waals surface area contributed by atoms with Crippen LogP contribution in [0.25, 0.3) is 5.69 Å². The molecular formula is C17H15ClN6O3S. The number of halogens is 1. The molecule has 144 valence electrons. The highest BCUT2D eigenvalue weighted by Gasteiger charge is 2.29. The van der Waals surface area contributed by atoms with Gasteiger partial charge >= 0.3 is 0 Å². The Morgan fingerprint density at radius 3 is 2.54 bits per heavy atom. The van der Waals surface area contributed by atoms with Crippen molar-refractivity contribution in [2.45, 2.75) is 23.8 Å². The number of hydrogen-bond acceptors (Lipinski definition) is 6. The van der Waals surface area contributed by atoms with E-state index < -0.39 is 15.9 Å². The molecule has 28 heavy (non-hydrogen) atoms. The number of nitrogens with zero attached hydrogens (tertiary/aromatic N) is 4. The summed E-state index contributed by atoms with van der Waals surface area (Å²) in [6, 6.07) is 11.0. The summed E-state index contributed by atoms with van der Waals surface area (Å²) in [6.45, 7) is 0. The number of carbonyl (C=O) groups is 1. The molecule has 4 rings (SSSR count). The Morgan fingerprint density at radius 1 is 1.14 bits per heavy atom. The molecule has 2 aromatic carbocycles. The number of hydrogen-bond donors (Lipinski definition) is 2. The molecule has 1 aromatic heterocycles. The molecule has 1 fully saturated rings. The molecule has 0 bridgehead atoms. The van der Waals surface area contributed by atoms with Crippen molar-refractivity contribution in [3.8, 4) is 5.69 Å². The Balaban J connectivity index is 1.52. The Morgan fingerprint density at radius 2 is 1.89 bits per heavy atom. The number of benzene rings is 2. The number of anilines is 1. The van der Waals surface area contributed by atoms with Crippen LogP contribution in [0.2, 0.25) is 5.02 Å². The largest absolute Gasteiger partial charge is 0.322 e. The van der Waals surface area contributed by atoms with Crippen LogP contribution in [-0.4, -0.2) is 40.6 Å². The van der Waals surface area contributed by atoms with E-state index in [1.54, 1.807) is 24.3 Å². The van der Waals surface area contributed by atoms with Crippen LogP contribution in [-0.2, 0) is 10.0 Å². The molecular weight excluding hydrogens is 404 g/mol. The number of sulfonamides is 1. The second-order valence-corrected chi connectivity index (χ2v) is 8.39. The molecule has 0 spiro atoms. The number of tetrazole rings is 1. The SMILES string of the molecule is O=C(Nc1ccc(-n2cnnn2)cc1)c1ccc(Cl)c(S(=O)(=O)NC2CC2)c1. The van der Waals surface area contributed by atoms with E-state index in [1.165, 1.54) is 29.2 Å². The molecule has 0 aliphatic heterocycles. The minimum atomic E-state index is -3.77. The first kappa shape index (κ1) is 18.5. The van der Waals surface area contributed by atoms with Crippen molar-refractivity contribution in [3.05, 3.63) is 59.4 Å². The third-order valence-electron chi connectivity index (χ3n) is 4.12. The molecule has 1 aliphatic carbocycles. The molecule has 2 N–H and O–H groups in total. The summed E-state index contributed by atoms with van der Waals surface area (Å²) in [4.78, 5) is 12.4. The summed E-state index contributed by atoms with van der Waals surface area (Å²) < 4.78 is 28.9. The number of aromatic nitrogens is 4. The molecule has 1 aliphatic rings. The molecule has 1 saturated carbocycles. The first-order chi connectivity index (χ1) is 13.4. The van der Waals surface area contributed by atoms with Gasteiger partial charge < -0.3 is 5.32 Å². The monoisotopic (exact) mass is 418 g/mol. The van der Waals surface area contributed by atoms with E-state index in [4.69, 9.17) is 11.6 Å². The van der Waals surface area contributed by atoms with Gasteiger partial charge in [0.2, 0.25) is 10.0 Å². The van der Waals surface area contributed by atoms with Gasteiger partial charge in [-0.25, -0.2) is 17.8 Å². The predicted molar refractivity (Wildman–Crippen MR) is 102 cm³/mol. The molecule has 0 saturated heterocycles. The first-order valence-corrected chi connectivity index (χ1v) is 10.3. The number of nitrogens with one attached hydrogen (secondary N) is 2. The predicted octanol–water partition coefficient (Wildman–Crippen LogP) is 2.01. The Kier molecular flexibility index (Phi) is 4.84. The van der Waals surface area contributed by atoms with E-state index in [2.05, 4.69) is 25.6 Å². The normalized spacial score (nSPS) is 14.0. The zero-order valence-corrected chi connectivity index (χ0v) is 16.0. The fraction of sp³-hybridized carbons (Fsp3) is 0.176. The van der Waals surface area contributed by atoms with Gasteiger partial charge in [-0.05, 0) is 65.7 Å². The Labute approximate surface area is 165 Å². The second kappa shape index (κ2) is 7.30. The van der Waals surface area contributed by atoms with Gasteiger partial charge in [0, 0.05) is 17.3 Å². The van der Waals surface area contributed by atoms with Crippen molar-refractivity contribution in [3.63, 3.8) is 0 Å². The van der Waals surface area contributed by atoms with E-state index in [0.717, 1.165) is 18.5 Å². The van der Waals surface area contributed by atoms with Crippen LogP contribution < -0.4 is 10.0 Å². The number of amides is 1. The minimum Gasteiger partial charge on any atom is -0.322 e. The van der Waals surface area contributed by atoms with Crippen molar-refractivity contribution < 1.29 is 13.2 Å². The van der Waals surface area contributed by atoms with Gasteiger partial charge in [-0.2, -0.15) is 0 Å². The van der Waals surface area contributed by atoms with Crippen LogP contribution in [0, 0.1) is 0 Å². The van der Waals surface area contributed by atoms with Crippen LogP contribution in [0.1, 0.15) is 23.2 Å². The van der Waals surface area contributed by atoms with Crippen molar-refractivity contribution in [1.82, 2.24) is 24.9 Å². The smallest absolute Gasteiger partial charge is 0.255 e. The fourth-order valence-electron chi connectivity index (χ4n) is 2.51. The average Bonchev–Trinajstić information content (AvgIpc) is 3.30. The van der Waals surface area contributed by atoms with E-state index >= 15 is 0 Å². The molecule has 1 amide bonds. The molecule has 0 unspecified atom stereocenters. The Bertz CT molecular complexity index is 1110. The molecule has 0 atom stereocenters. The van der Waals surface area contributed by atoms with E-state index in [-0.39, 0.29) is 21.5 Å². The van der Waals surface area contributed by atoms with Gasteiger partial charge in [0.1, 0.15) is 11.2 Å². The van der Waals surface area contributed by atoms with E-state index in [1.807, 2.05) is 0 Å². The fourth-order valence-corrected chi connectivity index (χ4v) is 4.35. The highest BCUT2D eigenvalue weighted by molar-refractivity contribution is 7.89. The molecule has 11 heteroatoms. The lowest BCUT2D eigenvalue weighted by Crippen LogP contribution is -2.26. The van der Waals surface area contributed by atoms with Crippen molar-refractivity contribution in [1.29, 1.82) is 0 Å². The second-order valence-electron chi connectivity index (χ2n) is 6.30. The van der Waals surface area contributed by atoms with E-state index in [0.29, 0.717) is 5.69 Å². The van der Waals surface area contributed by atoms with Gasteiger partial charge in [-0.1, -0.05) is 11.6 Å². The third-order valence-corrected chi connectivity index (χ3v) is 6.12. The average molecular weight is 419 g/mol.